The highest BCUT2D eigenvalue weighted by atomic mass is 14.6. The second-order valence-electron chi connectivity index (χ2n) is 5.25. The van der Waals surface area contributed by atoms with Crippen LogP contribution in [0.3, 0.4) is 0 Å². The molecule has 1 heteroatoms. The molecule has 1 aliphatic rings. The SMILES string of the molecule is CCC1(CC(C)(C)CN)CCC1. The lowest BCUT2D eigenvalue weighted by Crippen LogP contribution is -2.37. The van der Waals surface area contributed by atoms with E-state index in [-0.39, 0.29) is 0 Å². The van der Waals surface area contributed by atoms with Gasteiger partial charge in [-0.25, -0.2) is 0 Å². The number of nitrogens with two attached hydrogens (primary N) is 1. The Hall–Kier alpha value is -0.0400. The summed E-state index contributed by atoms with van der Waals surface area (Å²) in [5, 5.41) is 0. The average Bonchev–Trinajstić information content (AvgIpc) is 1.97. The van der Waals surface area contributed by atoms with E-state index in [1.165, 1.54) is 32.1 Å². The first-order chi connectivity index (χ1) is 5.54. The Bertz CT molecular complexity index is 140. The van der Waals surface area contributed by atoms with Crippen LogP contribution in [0, 0.1) is 10.8 Å². The summed E-state index contributed by atoms with van der Waals surface area (Å²) in [5.41, 5.74) is 6.77. The molecule has 2 N–H and O–H groups in total. The van der Waals surface area contributed by atoms with E-state index in [0.717, 1.165) is 6.54 Å². The third-order valence-corrected chi connectivity index (χ3v) is 3.57. The van der Waals surface area contributed by atoms with E-state index >= 15 is 0 Å². The molecule has 0 bridgehead atoms. The van der Waals surface area contributed by atoms with Crippen LogP contribution in [0.4, 0.5) is 0 Å². The fourth-order valence-electron chi connectivity index (χ4n) is 2.42. The van der Waals surface area contributed by atoms with E-state index in [0.29, 0.717) is 10.8 Å². The van der Waals surface area contributed by atoms with E-state index < -0.39 is 0 Å². The highest BCUT2D eigenvalue weighted by Crippen LogP contribution is 2.50. The lowest BCUT2D eigenvalue weighted by atomic mass is 9.60. The first kappa shape index (κ1) is 10.0. The van der Waals surface area contributed by atoms with Gasteiger partial charge in [-0.05, 0) is 36.6 Å². The molecule has 1 rings (SSSR count). The molecule has 12 heavy (non-hydrogen) atoms. The maximum absolute atomic E-state index is 5.75. The maximum Gasteiger partial charge on any atom is -0.00256 e. The monoisotopic (exact) mass is 169 g/mol. The van der Waals surface area contributed by atoms with Gasteiger partial charge in [-0.15, -0.1) is 0 Å². The van der Waals surface area contributed by atoms with Gasteiger partial charge in [0.25, 0.3) is 0 Å². The molecular weight excluding hydrogens is 146 g/mol. The summed E-state index contributed by atoms with van der Waals surface area (Å²) < 4.78 is 0. The van der Waals surface area contributed by atoms with Gasteiger partial charge in [0.05, 0.1) is 0 Å². The highest BCUT2D eigenvalue weighted by Gasteiger charge is 2.39. The first-order valence-corrected chi connectivity index (χ1v) is 5.24. The average molecular weight is 169 g/mol. The van der Waals surface area contributed by atoms with Crippen LogP contribution in [0.5, 0.6) is 0 Å². The van der Waals surface area contributed by atoms with Gasteiger partial charge < -0.3 is 5.73 Å². The predicted octanol–water partition coefficient (Wildman–Crippen LogP) is 2.94. The Kier molecular flexibility index (Phi) is 2.82. The molecule has 0 unspecified atom stereocenters. The van der Waals surface area contributed by atoms with Crippen LogP contribution in [0.1, 0.15) is 52.9 Å². The minimum absolute atomic E-state index is 0.358. The summed E-state index contributed by atoms with van der Waals surface area (Å²) in [6.07, 6.45) is 6.98. The molecule has 72 valence electrons. The summed E-state index contributed by atoms with van der Waals surface area (Å²) >= 11 is 0. The quantitative estimate of drug-likeness (QED) is 0.688. The van der Waals surface area contributed by atoms with Gasteiger partial charge in [-0.3, -0.25) is 0 Å². The van der Waals surface area contributed by atoms with Gasteiger partial charge in [-0.1, -0.05) is 33.6 Å². The minimum atomic E-state index is 0.358. The second-order valence-corrected chi connectivity index (χ2v) is 5.25. The topological polar surface area (TPSA) is 26.0 Å². The Labute approximate surface area is 76.7 Å². The smallest absolute Gasteiger partial charge is 0.00256 e. The Balaban J connectivity index is 2.47. The molecule has 0 radical (unpaired) electrons. The van der Waals surface area contributed by atoms with Crippen molar-refractivity contribution in [2.45, 2.75) is 52.9 Å². The molecule has 1 saturated carbocycles. The molecule has 0 amide bonds. The first-order valence-electron chi connectivity index (χ1n) is 5.24. The molecule has 0 aliphatic heterocycles. The molecule has 0 heterocycles. The van der Waals surface area contributed by atoms with Gasteiger partial charge in [0.1, 0.15) is 0 Å². The molecule has 0 aromatic carbocycles. The van der Waals surface area contributed by atoms with Gasteiger partial charge >= 0.3 is 0 Å². The van der Waals surface area contributed by atoms with E-state index in [1.54, 1.807) is 0 Å². The number of hydrogen-bond acceptors (Lipinski definition) is 1. The number of hydrogen-bond donors (Lipinski definition) is 1. The maximum atomic E-state index is 5.75. The zero-order valence-electron chi connectivity index (χ0n) is 8.82. The molecule has 0 aromatic rings. The summed E-state index contributed by atoms with van der Waals surface area (Å²) in [4.78, 5) is 0. The van der Waals surface area contributed by atoms with Crippen LogP contribution in [-0.2, 0) is 0 Å². The zero-order valence-corrected chi connectivity index (χ0v) is 8.82. The minimum Gasteiger partial charge on any atom is -0.330 e. The largest absolute Gasteiger partial charge is 0.330 e. The lowest BCUT2D eigenvalue weighted by Gasteiger charge is -2.46. The van der Waals surface area contributed by atoms with Crippen molar-refractivity contribution in [2.75, 3.05) is 6.54 Å². The summed E-state index contributed by atoms with van der Waals surface area (Å²) in [6, 6.07) is 0. The van der Waals surface area contributed by atoms with Crippen LogP contribution < -0.4 is 5.73 Å². The van der Waals surface area contributed by atoms with Crippen molar-refractivity contribution in [3.8, 4) is 0 Å². The third kappa shape index (κ3) is 2.01. The molecule has 0 aromatic heterocycles. The van der Waals surface area contributed by atoms with Crippen LogP contribution in [-0.4, -0.2) is 6.54 Å². The Morgan fingerprint density at radius 1 is 1.33 bits per heavy atom. The van der Waals surface area contributed by atoms with Crippen molar-refractivity contribution >= 4 is 0 Å². The Morgan fingerprint density at radius 3 is 2.17 bits per heavy atom. The molecule has 0 atom stereocenters. The van der Waals surface area contributed by atoms with Gasteiger partial charge in [0.15, 0.2) is 0 Å². The molecular formula is C11H23N. The van der Waals surface area contributed by atoms with Crippen molar-refractivity contribution in [1.82, 2.24) is 0 Å². The third-order valence-electron chi connectivity index (χ3n) is 3.57. The van der Waals surface area contributed by atoms with Crippen molar-refractivity contribution in [1.29, 1.82) is 0 Å². The number of rotatable bonds is 4. The predicted molar refractivity (Wildman–Crippen MR) is 54.0 cm³/mol. The van der Waals surface area contributed by atoms with E-state index in [2.05, 4.69) is 20.8 Å². The fraction of sp³-hybridized carbons (Fsp3) is 1.00. The van der Waals surface area contributed by atoms with E-state index in [1.807, 2.05) is 0 Å². The van der Waals surface area contributed by atoms with Crippen LogP contribution in [0.15, 0.2) is 0 Å². The van der Waals surface area contributed by atoms with Crippen LogP contribution >= 0.6 is 0 Å². The van der Waals surface area contributed by atoms with E-state index in [9.17, 15) is 0 Å². The van der Waals surface area contributed by atoms with Crippen molar-refractivity contribution in [2.24, 2.45) is 16.6 Å². The van der Waals surface area contributed by atoms with Crippen LogP contribution in [0.2, 0.25) is 0 Å². The van der Waals surface area contributed by atoms with Gasteiger partial charge in [0.2, 0.25) is 0 Å². The molecule has 1 nitrogen and oxygen atoms in total. The lowest BCUT2D eigenvalue weighted by molar-refractivity contribution is 0.0618. The standard InChI is InChI=1S/C11H23N/c1-4-11(6-5-7-11)8-10(2,3)9-12/h4-9,12H2,1-3H3. The van der Waals surface area contributed by atoms with Gasteiger partial charge in [-0.2, -0.15) is 0 Å². The summed E-state index contributed by atoms with van der Waals surface area (Å²) in [6.45, 7) is 7.74. The second kappa shape index (κ2) is 3.37. The molecule has 0 spiro atoms. The summed E-state index contributed by atoms with van der Waals surface area (Å²) in [7, 11) is 0. The van der Waals surface area contributed by atoms with Crippen LogP contribution in [0.25, 0.3) is 0 Å². The summed E-state index contributed by atoms with van der Waals surface area (Å²) in [5.74, 6) is 0. The highest BCUT2D eigenvalue weighted by molar-refractivity contribution is 4.91. The van der Waals surface area contributed by atoms with Crippen molar-refractivity contribution in [3.63, 3.8) is 0 Å². The zero-order chi connectivity index (χ0) is 9.24. The Morgan fingerprint density at radius 2 is 1.92 bits per heavy atom. The molecule has 1 fully saturated rings. The normalized spacial score (nSPS) is 22.0. The van der Waals surface area contributed by atoms with Gasteiger partial charge in [0, 0.05) is 0 Å². The molecule has 1 aliphatic carbocycles. The van der Waals surface area contributed by atoms with Crippen molar-refractivity contribution < 1.29 is 0 Å². The van der Waals surface area contributed by atoms with Crippen molar-refractivity contribution in [3.05, 3.63) is 0 Å². The fourth-order valence-corrected chi connectivity index (χ4v) is 2.42. The van der Waals surface area contributed by atoms with E-state index in [4.69, 9.17) is 5.73 Å². The molecule has 0 saturated heterocycles.